The minimum atomic E-state index is -1.21. The van der Waals surface area contributed by atoms with Gasteiger partial charge in [0.15, 0.2) is 29.0 Å². The Morgan fingerprint density at radius 1 is 1.31 bits per heavy atom. The Morgan fingerprint density at radius 3 is 2.83 bits per heavy atom. The maximum Gasteiger partial charge on any atom is 0.320 e. The lowest BCUT2D eigenvalue weighted by atomic mass is 10.1. The largest absolute Gasteiger partial charge is 0.480 e. The van der Waals surface area contributed by atoms with Gasteiger partial charge in [-0.3, -0.25) is 9.36 Å². The molecule has 14 heteroatoms. The van der Waals surface area contributed by atoms with E-state index >= 15 is 0 Å². The predicted molar refractivity (Wildman–Crippen MR) is 136 cm³/mol. The number of aliphatic carboxylic acids is 1. The molecule has 198 valence electrons. The van der Waals surface area contributed by atoms with Crippen LogP contribution in [0.5, 0.6) is 0 Å². The summed E-state index contributed by atoms with van der Waals surface area (Å²) in [5.41, 5.74) is 16.0. The zero-order valence-corrected chi connectivity index (χ0v) is 20.9. The summed E-state index contributed by atoms with van der Waals surface area (Å²) in [4.78, 5) is 24.1. The molecule has 6 atom stereocenters. The van der Waals surface area contributed by atoms with Crippen molar-refractivity contribution in [3.05, 3.63) is 12.7 Å². The molecule has 2 aromatic heterocycles. The maximum atomic E-state index is 11.2. The average molecular weight is 525 g/mol. The van der Waals surface area contributed by atoms with Gasteiger partial charge in [-0.05, 0) is 18.9 Å². The number of nitrogens with one attached hydrogen (secondary N) is 1. The smallest absolute Gasteiger partial charge is 0.320 e. The molecule has 3 rings (SSSR count). The SMILES string of the molecule is NCCCC#CC[S+](CCC(N)C(=O)O)CC1OC(n2cnc3c(NCC[NH3+])ncnc32)C(O)C1O. The van der Waals surface area contributed by atoms with E-state index < -0.39 is 47.4 Å². The number of quaternary nitrogens is 1. The number of carbonyl (C=O) groups is 1. The molecule has 0 radical (unpaired) electrons. The molecule has 6 unspecified atom stereocenters. The van der Waals surface area contributed by atoms with E-state index in [-0.39, 0.29) is 6.42 Å². The van der Waals surface area contributed by atoms with Crippen molar-refractivity contribution < 1.29 is 30.6 Å². The lowest BCUT2D eigenvalue weighted by Crippen LogP contribution is -2.53. The number of carboxylic acid groups (broad SMARTS) is 1. The molecule has 0 bridgehead atoms. The Balaban J connectivity index is 1.73. The van der Waals surface area contributed by atoms with Gasteiger partial charge in [0.1, 0.15) is 42.2 Å². The molecule has 1 fully saturated rings. The highest BCUT2D eigenvalue weighted by molar-refractivity contribution is 7.97. The molecule has 1 saturated heterocycles. The summed E-state index contributed by atoms with van der Waals surface area (Å²) in [5, 5.41) is 33.9. The highest BCUT2D eigenvalue weighted by Gasteiger charge is 2.47. The standard InChI is InChI=1S/C22H34N8O5S/c23-6-3-1-2-4-9-36(10-5-14(25)22(33)34)11-15-17(31)18(32)21(35-15)30-13-29-16-19(26-8-7-24)27-12-28-20(16)30/h12-15,17-18,21,31-32H,1,3,5-11,23-25H2,(H-,26,27,28,33,34)/p+2. The predicted octanol–water partition coefficient (Wildman–Crippen LogP) is -2.74. The lowest BCUT2D eigenvalue weighted by Gasteiger charge is -2.16. The first kappa shape index (κ1) is 28.1. The van der Waals surface area contributed by atoms with Crippen LogP contribution in [0.25, 0.3) is 11.2 Å². The van der Waals surface area contributed by atoms with Gasteiger partial charge >= 0.3 is 5.97 Å². The summed E-state index contributed by atoms with van der Waals surface area (Å²) in [7, 11) is -0.400. The quantitative estimate of drug-likeness (QED) is 0.0808. The maximum absolute atomic E-state index is 11.2. The van der Waals surface area contributed by atoms with Crippen LogP contribution < -0.4 is 22.5 Å². The number of aliphatic hydroxyl groups excluding tert-OH is 2. The van der Waals surface area contributed by atoms with Crippen molar-refractivity contribution in [3.8, 4) is 11.8 Å². The van der Waals surface area contributed by atoms with Crippen LogP contribution in [0.15, 0.2) is 12.7 Å². The van der Waals surface area contributed by atoms with Gasteiger partial charge in [0.25, 0.3) is 0 Å². The summed E-state index contributed by atoms with van der Waals surface area (Å²) in [6.07, 6.45) is 0.748. The van der Waals surface area contributed by atoms with E-state index in [0.29, 0.717) is 60.3 Å². The number of aromatic nitrogens is 4. The normalized spacial score (nSPS) is 23.2. The van der Waals surface area contributed by atoms with E-state index in [1.54, 1.807) is 4.57 Å². The number of anilines is 1. The molecule has 11 N–H and O–H groups in total. The number of fused-ring (bicyclic) bond motifs is 1. The number of rotatable bonds is 13. The van der Waals surface area contributed by atoms with Crippen molar-refractivity contribution in [2.75, 3.05) is 42.2 Å². The zero-order chi connectivity index (χ0) is 26.1. The first-order chi connectivity index (χ1) is 17.4. The topological polar surface area (TPSA) is 222 Å². The van der Waals surface area contributed by atoms with E-state index in [0.717, 1.165) is 6.42 Å². The highest BCUT2D eigenvalue weighted by atomic mass is 32.2. The Kier molecular flexibility index (Phi) is 10.7. The molecular formula is C22H36N8O5S+2. The molecule has 1 aliphatic rings. The van der Waals surface area contributed by atoms with Crippen LogP contribution in [0, 0.1) is 11.8 Å². The molecule has 2 aromatic rings. The molecule has 0 aliphatic carbocycles. The van der Waals surface area contributed by atoms with Gasteiger partial charge in [-0.2, -0.15) is 0 Å². The van der Waals surface area contributed by atoms with Crippen molar-refractivity contribution in [3.63, 3.8) is 0 Å². The van der Waals surface area contributed by atoms with Gasteiger partial charge in [-0.1, -0.05) is 5.92 Å². The third kappa shape index (κ3) is 7.04. The van der Waals surface area contributed by atoms with Crippen LogP contribution in [0.2, 0.25) is 0 Å². The van der Waals surface area contributed by atoms with Crippen LogP contribution in [-0.2, 0) is 20.4 Å². The van der Waals surface area contributed by atoms with Crippen molar-refractivity contribution in [1.82, 2.24) is 19.5 Å². The van der Waals surface area contributed by atoms with E-state index in [1.807, 2.05) is 0 Å². The summed E-state index contributed by atoms with van der Waals surface area (Å²) >= 11 is 0. The highest BCUT2D eigenvalue weighted by Crippen LogP contribution is 2.33. The van der Waals surface area contributed by atoms with Crippen molar-refractivity contribution in [1.29, 1.82) is 0 Å². The number of hydrogen-bond acceptors (Lipinski definition) is 10. The van der Waals surface area contributed by atoms with Gasteiger partial charge in [0.05, 0.1) is 19.4 Å². The van der Waals surface area contributed by atoms with E-state index in [4.69, 9.17) is 21.3 Å². The fraction of sp³-hybridized carbons (Fsp3) is 0.636. The summed E-state index contributed by atoms with van der Waals surface area (Å²) in [6.45, 7) is 1.85. The number of unbranched alkanes of at least 4 members (excludes halogenated alkanes) is 1. The monoisotopic (exact) mass is 524 g/mol. The average Bonchev–Trinajstić information content (AvgIpc) is 3.42. The van der Waals surface area contributed by atoms with Crippen LogP contribution in [-0.4, -0.2) is 102 Å². The van der Waals surface area contributed by atoms with Crippen LogP contribution in [0.4, 0.5) is 5.82 Å². The summed E-state index contributed by atoms with van der Waals surface area (Å²) < 4.78 is 7.70. The molecule has 0 saturated carbocycles. The lowest BCUT2D eigenvalue weighted by molar-refractivity contribution is -0.362. The molecule has 3 heterocycles. The fourth-order valence-corrected chi connectivity index (χ4v) is 5.83. The molecule has 0 spiro atoms. The number of ether oxygens (including phenoxy) is 1. The van der Waals surface area contributed by atoms with Crippen molar-refractivity contribution in [2.45, 2.75) is 49.8 Å². The number of hydrogen-bond donors (Lipinski definition) is 7. The van der Waals surface area contributed by atoms with Crippen molar-refractivity contribution in [2.24, 2.45) is 11.5 Å². The van der Waals surface area contributed by atoms with E-state index in [1.165, 1.54) is 12.7 Å². The zero-order valence-electron chi connectivity index (χ0n) is 20.1. The second-order valence-corrected chi connectivity index (χ2v) is 10.7. The molecule has 36 heavy (non-hydrogen) atoms. The fourth-order valence-electron chi connectivity index (χ4n) is 3.77. The second kappa shape index (κ2) is 13.7. The Labute approximate surface area is 212 Å². The van der Waals surface area contributed by atoms with Gasteiger partial charge in [0.2, 0.25) is 0 Å². The molecule has 13 nitrogen and oxygen atoms in total. The molecular weight excluding hydrogens is 488 g/mol. The van der Waals surface area contributed by atoms with Gasteiger partial charge in [-0.25, -0.2) is 15.0 Å². The Bertz CT molecular complexity index is 1060. The van der Waals surface area contributed by atoms with Gasteiger partial charge in [0, 0.05) is 23.7 Å². The number of carboxylic acids is 1. The van der Waals surface area contributed by atoms with Crippen LogP contribution in [0.1, 0.15) is 25.5 Å². The Morgan fingerprint density at radius 2 is 2.11 bits per heavy atom. The first-order valence-corrected chi connectivity index (χ1v) is 13.6. The van der Waals surface area contributed by atoms with Crippen molar-refractivity contribution >= 4 is 33.8 Å². The Hall–Kier alpha value is -2.51. The number of aliphatic hydroxyl groups is 2. The minimum absolute atomic E-state index is 0.282. The van der Waals surface area contributed by atoms with Gasteiger partial charge < -0.3 is 42.6 Å². The minimum Gasteiger partial charge on any atom is -0.480 e. The number of imidazole rings is 1. The van der Waals surface area contributed by atoms with Crippen LogP contribution >= 0.6 is 0 Å². The van der Waals surface area contributed by atoms with E-state index in [9.17, 15) is 15.0 Å². The summed E-state index contributed by atoms with van der Waals surface area (Å²) in [5.74, 6) is 7.16. The van der Waals surface area contributed by atoms with Crippen LogP contribution in [0.3, 0.4) is 0 Å². The number of nitrogens with zero attached hydrogens (tertiary/aromatic N) is 4. The molecule has 0 amide bonds. The molecule has 0 aromatic carbocycles. The summed E-state index contributed by atoms with van der Waals surface area (Å²) in [6, 6.07) is -0.971. The number of nitrogens with two attached hydrogens (primary N) is 2. The third-order valence-corrected chi connectivity index (χ3v) is 7.95. The third-order valence-electron chi connectivity index (χ3n) is 5.78. The van der Waals surface area contributed by atoms with Gasteiger partial charge in [-0.15, -0.1) is 0 Å². The second-order valence-electron chi connectivity index (χ2n) is 8.48. The van der Waals surface area contributed by atoms with E-state index in [2.05, 4.69) is 37.8 Å². The first-order valence-electron chi connectivity index (χ1n) is 11.9. The molecule has 1 aliphatic heterocycles.